The first-order valence-corrected chi connectivity index (χ1v) is 9.30. The van der Waals surface area contributed by atoms with Gasteiger partial charge in [0.1, 0.15) is 5.02 Å². The predicted octanol–water partition coefficient (Wildman–Crippen LogP) is 3.63. The Morgan fingerprint density at radius 3 is 2.76 bits per heavy atom. The molecule has 3 rings (SSSR count). The number of para-hydroxylation sites is 1. The van der Waals surface area contributed by atoms with E-state index in [9.17, 15) is 9.90 Å². The lowest BCUT2D eigenvalue weighted by molar-refractivity contribution is 0.0648. The lowest BCUT2D eigenvalue weighted by Crippen LogP contribution is -2.25. The van der Waals surface area contributed by atoms with Crippen LogP contribution in [0.5, 0.6) is 0 Å². The Bertz CT molecular complexity index is 748. The summed E-state index contributed by atoms with van der Waals surface area (Å²) >= 11 is 6.22. The van der Waals surface area contributed by atoms with E-state index in [0.717, 1.165) is 32.1 Å². The first-order chi connectivity index (χ1) is 12.2. The van der Waals surface area contributed by atoms with Crippen molar-refractivity contribution in [3.8, 4) is 5.69 Å². The molecular weight excluding hydrogens is 338 g/mol. The van der Waals surface area contributed by atoms with Crippen molar-refractivity contribution >= 4 is 17.3 Å². The number of aliphatic hydroxyl groups excluding tert-OH is 1. The van der Waals surface area contributed by atoms with Gasteiger partial charge in [0, 0.05) is 6.54 Å². The monoisotopic (exact) mass is 361 g/mol. The Morgan fingerprint density at radius 2 is 2.00 bits per heavy atom. The molecule has 1 heterocycles. The second kappa shape index (κ2) is 8.50. The minimum atomic E-state index is -0.333. The van der Waals surface area contributed by atoms with Crippen molar-refractivity contribution in [2.45, 2.75) is 44.6 Å². The lowest BCUT2D eigenvalue weighted by atomic mass is 9.83. The van der Waals surface area contributed by atoms with Crippen LogP contribution in [0.1, 0.15) is 38.5 Å². The molecule has 2 atom stereocenters. The average Bonchev–Trinajstić information content (AvgIpc) is 2.64. The third-order valence-electron chi connectivity index (χ3n) is 4.86. The lowest BCUT2D eigenvalue weighted by Gasteiger charge is -2.27. The van der Waals surface area contributed by atoms with Gasteiger partial charge in [-0.2, -0.15) is 9.78 Å². The van der Waals surface area contributed by atoms with Crippen molar-refractivity contribution < 1.29 is 5.11 Å². The van der Waals surface area contributed by atoms with Crippen LogP contribution in [0.2, 0.25) is 5.02 Å². The topological polar surface area (TPSA) is 67.2 Å². The third kappa shape index (κ3) is 4.41. The van der Waals surface area contributed by atoms with Gasteiger partial charge < -0.3 is 10.4 Å². The Morgan fingerprint density at radius 1 is 1.24 bits per heavy atom. The van der Waals surface area contributed by atoms with Crippen LogP contribution in [-0.2, 0) is 0 Å². The highest BCUT2D eigenvalue weighted by Crippen LogP contribution is 2.28. The van der Waals surface area contributed by atoms with Crippen molar-refractivity contribution in [3.63, 3.8) is 0 Å². The van der Waals surface area contributed by atoms with E-state index in [-0.39, 0.29) is 16.7 Å². The summed E-state index contributed by atoms with van der Waals surface area (Å²) in [4.78, 5) is 12.4. The number of nitrogens with zero attached hydrogens (tertiary/aromatic N) is 2. The molecule has 1 aliphatic carbocycles. The summed E-state index contributed by atoms with van der Waals surface area (Å²) in [7, 11) is 0. The second-order valence-corrected chi connectivity index (χ2v) is 6.98. The molecule has 1 aromatic carbocycles. The van der Waals surface area contributed by atoms with E-state index < -0.39 is 0 Å². The molecule has 1 fully saturated rings. The molecule has 1 aromatic heterocycles. The number of rotatable bonds is 6. The average molecular weight is 362 g/mol. The SMILES string of the molecule is O=c1c(Cl)c(NCCCC2CCCCC2O)cnn1-c1ccccc1. The summed E-state index contributed by atoms with van der Waals surface area (Å²) in [5, 5.41) is 17.6. The summed E-state index contributed by atoms with van der Waals surface area (Å²) in [6.45, 7) is 0.708. The maximum Gasteiger partial charge on any atom is 0.292 e. The van der Waals surface area contributed by atoms with E-state index in [0.29, 0.717) is 23.8 Å². The van der Waals surface area contributed by atoms with Gasteiger partial charge >= 0.3 is 0 Å². The standard InChI is InChI=1S/C19H24ClN3O2/c20-18-16(21-12-6-8-14-7-4-5-11-17(14)24)13-22-23(19(18)25)15-9-2-1-3-10-15/h1-3,9-10,13-14,17,21,24H,4-8,11-12H2. The number of hydrogen-bond acceptors (Lipinski definition) is 4. The van der Waals surface area contributed by atoms with Gasteiger partial charge in [-0.05, 0) is 43.7 Å². The molecule has 1 saturated carbocycles. The van der Waals surface area contributed by atoms with Crippen LogP contribution in [-0.4, -0.2) is 27.5 Å². The molecule has 2 N–H and O–H groups in total. The van der Waals surface area contributed by atoms with Crippen molar-refractivity contribution in [3.05, 3.63) is 51.9 Å². The van der Waals surface area contributed by atoms with E-state index in [1.807, 2.05) is 30.3 Å². The van der Waals surface area contributed by atoms with Crippen LogP contribution in [0, 0.1) is 5.92 Å². The smallest absolute Gasteiger partial charge is 0.292 e. The predicted molar refractivity (Wildman–Crippen MR) is 101 cm³/mol. The molecule has 0 radical (unpaired) electrons. The van der Waals surface area contributed by atoms with E-state index >= 15 is 0 Å². The van der Waals surface area contributed by atoms with Gasteiger partial charge in [-0.3, -0.25) is 4.79 Å². The summed E-state index contributed by atoms with van der Waals surface area (Å²) in [5.41, 5.74) is 0.913. The Kier molecular flexibility index (Phi) is 6.10. The summed E-state index contributed by atoms with van der Waals surface area (Å²) < 4.78 is 1.30. The van der Waals surface area contributed by atoms with Crippen molar-refractivity contribution in [1.82, 2.24) is 9.78 Å². The van der Waals surface area contributed by atoms with Gasteiger partial charge in [-0.1, -0.05) is 42.6 Å². The normalized spacial score (nSPS) is 20.4. The minimum Gasteiger partial charge on any atom is -0.393 e. The minimum absolute atomic E-state index is 0.150. The molecule has 0 amide bonds. The molecule has 0 saturated heterocycles. The van der Waals surface area contributed by atoms with E-state index in [2.05, 4.69) is 10.4 Å². The van der Waals surface area contributed by atoms with Crippen LogP contribution in [0.25, 0.3) is 5.69 Å². The molecule has 0 bridgehead atoms. The molecular formula is C19H24ClN3O2. The zero-order chi connectivity index (χ0) is 17.6. The zero-order valence-corrected chi connectivity index (χ0v) is 15.0. The molecule has 2 aromatic rings. The van der Waals surface area contributed by atoms with Crippen LogP contribution in [0.3, 0.4) is 0 Å². The molecule has 134 valence electrons. The van der Waals surface area contributed by atoms with Crippen molar-refractivity contribution in [2.75, 3.05) is 11.9 Å². The Labute approximate surface area is 152 Å². The quantitative estimate of drug-likeness (QED) is 0.771. The fourth-order valence-electron chi connectivity index (χ4n) is 3.42. The molecule has 1 aliphatic rings. The summed E-state index contributed by atoms with van der Waals surface area (Å²) in [5.74, 6) is 0.398. The largest absolute Gasteiger partial charge is 0.393 e. The molecule has 6 heteroatoms. The first kappa shape index (κ1) is 18.0. The first-order valence-electron chi connectivity index (χ1n) is 8.92. The number of aromatic nitrogens is 2. The van der Waals surface area contributed by atoms with E-state index in [1.165, 1.54) is 11.1 Å². The van der Waals surface area contributed by atoms with Crippen molar-refractivity contribution in [2.24, 2.45) is 5.92 Å². The number of halogens is 1. The third-order valence-corrected chi connectivity index (χ3v) is 5.22. The van der Waals surface area contributed by atoms with Crippen LogP contribution < -0.4 is 10.9 Å². The van der Waals surface area contributed by atoms with Gasteiger partial charge in [-0.15, -0.1) is 0 Å². The molecule has 5 nitrogen and oxygen atoms in total. The summed E-state index contributed by atoms with van der Waals surface area (Å²) in [6.07, 6.45) is 7.72. The highest BCUT2D eigenvalue weighted by atomic mass is 35.5. The molecule has 25 heavy (non-hydrogen) atoms. The maximum absolute atomic E-state index is 12.4. The van der Waals surface area contributed by atoms with Gasteiger partial charge in [0.2, 0.25) is 0 Å². The van der Waals surface area contributed by atoms with Crippen molar-refractivity contribution in [1.29, 1.82) is 0 Å². The van der Waals surface area contributed by atoms with Crippen LogP contribution >= 0.6 is 11.6 Å². The molecule has 0 spiro atoms. The molecule has 0 aliphatic heterocycles. The molecule has 2 unspecified atom stereocenters. The highest BCUT2D eigenvalue weighted by molar-refractivity contribution is 6.32. The fourth-order valence-corrected chi connectivity index (χ4v) is 3.62. The number of nitrogens with one attached hydrogen (secondary N) is 1. The number of anilines is 1. The van der Waals surface area contributed by atoms with Gasteiger partial charge in [-0.25, -0.2) is 0 Å². The van der Waals surface area contributed by atoms with E-state index in [1.54, 1.807) is 6.20 Å². The summed E-state index contributed by atoms with van der Waals surface area (Å²) in [6, 6.07) is 9.21. The fraction of sp³-hybridized carbons (Fsp3) is 0.474. The Hall–Kier alpha value is -1.85. The van der Waals surface area contributed by atoms with E-state index in [4.69, 9.17) is 11.6 Å². The zero-order valence-electron chi connectivity index (χ0n) is 14.2. The van der Waals surface area contributed by atoms with Gasteiger partial charge in [0.15, 0.2) is 0 Å². The number of aliphatic hydroxyl groups is 1. The van der Waals surface area contributed by atoms with Gasteiger partial charge in [0.25, 0.3) is 5.56 Å². The maximum atomic E-state index is 12.4. The Balaban J connectivity index is 1.58. The van der Waals surface area contributed by atoms with Crippen LogP contribution in [0.15, 0.2) is 41.3 Å². The number of hydrogen-bond donors (Lipinski definition) is 2. The second-order valence-electron chi connectivity index (χ2n) is 6.61. The van der Waals surface area contributed by atoms with Crippen LogP contribution in [0.4, 0.5) is 5.69 Å². The van der Waals surface area contributed by atoms with Gasteiger partial charge in [0.05, 0.1) is 23.7 Å². The highest BCUT2D eigenvalue weighted by Gasteiger charge is 2.22. The number of benzene rings is 1.